The fourth-order valence-electron chi connectivity index (χ4n) is 7.13. The second kappa shape index (κ2) is 18.3. The molecule has 1 saturated heterocycles. The number of rotatable bonds is 22. The van der Waals surface area contributed by atoms with Gasteiger partial charge in [-0.2, -0.15) is 0 Å². The van der Waals surface area contributed by atoms with Crippen LogP contribution in [0.2, 0.25) is 0 Å². The highest BCUT2D eigenvalue weighted by molar-refractivity contribution is 5.43. The Morgan fingerprint density at radius 2 is 1.04 bits per heavy atom. The van der Waals surface area contributed by atoms with Gasteiger partial charge in [-0.15, -0.1) is 0 Å². The third-order valence-electron chi connectivity index (χ3n) is 11.7. The normalized spacial score (nSPS) is 16.2. The van der Waals surface area contributed by atoms with Crippen molar-refractivity contribution < 1.29 is 33.5 Å². The van der Waals surface area contributed by atoms with Crippen LogP contribution in [0.5, 0.6) is 23.0 Å². The average molecular weight is 753 g/mol. The molecule has 3 atom stereocenters. The number of hydrogen-bond donors (Lipinski definition) is 1. The Morgan fingerprint density at radius 3 is 1.44 bits per heavy atom. The van der Waals surface area contributed by atoms with Gasteiger partial charge in [0.15, 0.2) is 0 Å². The Kier molecular flexibility index (Phi) is 14.0. The summed E-state index contributed by atoms with van der Waals surface area (Å²) in [5.41, 5.74) is 3.56. The second-order valence-corrected chi connectivity index (χ2v) is 16.4. The van der Waals surface area contributed by atoms with Crippen molar-refractivity contribution in [1.29, 1.82) is 0 Å². The molecule has 1 fully saturated rings. The lowest BCUT2D eigenvalue weighted by molar-refractivity contribution is 0.00433. The van der Waals surface area contributed by atoms with E-state index in [-0.39, 0.29) is 29.1 Å². The fraction of sp³-hybridized carbons (Fsp3) is 0.500. The van der Waals surface area contributed by atoms with Gasteiger partial charge in [0.1, 0.15) is 53.5 Å². The molecule has 1 aliphatic rings. The van der Waals surface area contributed by atoms with Crippen molar-refractivity contribution >= 4 is 0 Å². The standard InChI is InChI=1S/C48H64O7/c1-10-47(8,54-42-25-17-37(18-26-42)45(4,5)36-15-23-41(24-16-36)52-33-44-34-53-44)31-39(49)32-51-40-21-13-35(14-22-40)46(6,7)38-19-27-43(28-20-38)55-48(11-2,12-3)29-30-50-9/h13-28,39,44,49H,10-12,29-34H2,1-9H3. The highest BCUT2D eigenvalue weighted by Crippen LogP contribution is 2.37. The lowest BCUT2D eigenvalue weighted by atomic mass is 9.78. The van der Waals surface area contributed by atoms with E-state index in [1.54, 1.807) is 7.11 Å². The monoisotopic (exact) mass is 752 g/mol. The number of methoxy groups -OCH3 is 1. The Bertz CT molecular complexity index is 1740. The van der Waals surface area contributed by atoms with Gasteiger partial charge in [-0.3, -0.25) is 0 Å². The molecule has 7 heteroatoms. The number of aliphatic hydroxyl groups is 1. The molecule has 7 nitrogen and oxygen atoms in total. The first kappa shape index (κ1) is 42.1. The van der Waals surface area contributed by atoms with E-state index in [1.807, 2.05) is 43.3 Å². The van der Waals surface area contributed by atoms with Crippen LogP contribution in [0, 0.1) is 0 Å². The topological polar surface area (TPSA) is 78.9 Å². The zero-order chi connectivity index (χ0) is 39.7. The van der Waals surface area contributed by atoms with Crippen LogP contribution in [-0.4, -0.2) is 62.1 Å². The van der Waals surface area contributed by atoms with Crippen molar-refractivity contribution in [2.75, 3.05) is 33.5 Å². The van der Waals surface area contributed by atoms with E-state index < -0.39 is 11.7 Å². The first-order chi connectivity index (χ1) is 26.2. The third kappa shape index (κ3) is 11.1. The molecular formula is C48H64O7. The van der Waals surface area contributed by atoms with Gasteiger partial charge in [-0.05, 0) is 97.0 Å². The van der Waals surface area contributed by atoms with Crippen molar-refractivity contribution in [3.8, 4) is 23.0 Å². The minimum atomic E-state index is -0.697. The van der Waals surface area contributed by atoms with Gasteiger partial charge in [0.05, 0.1) is 12.7 Å². The van der Waals surface area contributed by atoms with E-state index in [0.29, 0.717) is 19.6 Å². The Morgan fingerprint density at radius 1 is 0.618 bits per heavy atom. The molecule has 0 spiro atoms. The highest BCUT2D eigenvalue weighted by Gasteiger charge is 2.31. The van der Waals surface area contributed by atoms with E-state index in [1.165, 1.54) is 22.3 Å². The van der Waals surface area contributed by atoms with Crippen LogP contribution in [0.3, 0.4) is 0 Å². The van der Waals surface area contributed by atoms with Gasteiger partial charge in [-0.1, -0.05) is 97.0 Å². The Hall–Kier alpha value is -4.04. The lowest BCUT2D eigenvalue weighted by Gasteiger charge is -2.33. The first-order valence-corrected chi connectivity index (χ1v) is 20.1. The lowest BCUT2D eigenvalue weighted by Crippen LogP contribution is -2.37. The smallest absolute Gasteiger partial charge is 0.120 e. The molecule has 0 radical (unpaired) electrons. The highest BCUT2D eigenvalue weighted by atomic mass is 16.6. The summed E-state index contributed by atoms with van der Waals surface area (Å²) in [5.74, 6) is 3.24. The first-order valence-electron chi connectivity index (χ1n) is 20.1. The van der Waals surface area contributed by atoms with E-state index in [2.05, 4.69) is 109 Å². The van der Waals surface area contributed by atoms with Crippen molar-refractivity contribution in [1.82, 2.24) is 0 Å². The molecule has 4 aromatic rings. The maximum absolute atomic E-state index is 11.1. The SMILES string of the molecule is CCC(C)(CC(O)COc1ccc(C(C)(C)c2ccc(OC(CC)(CC)CCOC)cc2)cc1)Oc1ccc(C(C)(C)c2ccc(OCC3CO3)cc2)cc1. The summed E-state index contributed by atoms with van der Waals surface area (Å²) in [6.07, 6.45) is 3.43. The number of aliphatic hydroxyl groups excluding tert-OH is 1. The summed E-state index contributed by atoms with van der Waals surface area (Å²) >= 11 is 0. The molecule has 0 saturated carbocycles. The molecule has 298 valence electrons. The van der Waals surface area contributed by atoms with E-state index in [9.17, 15) is 5.11 Å². The van der Waals surface area contributed by atoms with Crippen LogP contribution in [0.15, 0.2) is 97.1 Å². The van der Waals surface area contributed by atoms with E-state index in [4.69, 9.17) is 28.4 Å². The van der Waals surface area contributed by atoms with Crippen molar-refractivity contribution in [3.05, 3.63) is 119 Å². The molecule has 1 N–H and O–H groups in total. The van der Waals surface area contributed by atoms with Crippen molar-refractivity contribution in [2.24, 2.45) is 0 Å². The summed E-state index contributed by atoms with van der Waals surface area (Å²) in [5, 5.41) is 11.1. The minimum Gasteiger partial charge on any atom is -0.491 e. The van der Waals surface area contributed by atoms with Crippen molar-refractivity contribution in [3.63, 3.8) is 0 Å². The number of benzene rings is 4. The van der Waals surface area contributed by atoms with Gasteiger partial charge in [0.25, 0.3) is 0 Å². The Balaban J connectivity index is 1.12. The van der Waals surface area contributed by atoms with Crippen LogP contribution < -0.4 is 18.9 Å². The maximum Gasteiger partial charge on any atom is 0.120 e. The number of hydrogen-bond acceptors (Lipinski definition) is 7. The molecular weight excluding hydrogens is 689 g/mol. The molecule has 55 heavy (non-hydrogen) atoms. The van der Waals surface area contributed by atoms with Crippen LogP contribution in [-0.2, 0) is 20.3 Å². The van der Waals surface area contributed by atoms with E-state index >= 15 is 0 Å². The molecule has 4 aromatic carbocycles. The predicted octanol–water partition coefficient (Wildman–Crippen LogP) is 10.5. The third-order valence-corrected chi connectivity index (χ3v) is 11.7. The minimum absolute atomic E-state index is 0.176. The number of epoxide rings is 1. The van der Waals surface area contributed by atoms with Gasteiger partial charge in [0.2, 0.25) is 0 Å². The molecule has 0 bridgehead atoms. The van der Waals surface area contributed by atoms with E-state index in [0.717, 1.165) is 55.3 Å². The fourth-order valence-corrected chi connectivity index (χ4v) is 7.13. The van der Waals surface area contributed by atoms with Gasteiger partial charge < -0.3 is 33.5 Å². The summed E-state index contributed by atoms with van der Waals surface area (Å²) in [6, 6.07) is 33.3. The van der Waals surface area contributed by atoms with Gasteiger partial charge >= 0.3 is 0 Å². The summed E-state index contributed by atoms with van der Waals surface area (Å²) in [7, 11) is 1.74. The maximum atomic E-state index is 11.1. The van der Waals surface area contributed by atoms with Gasteiger partial charge in [0, 0.05) is 37.4 Å². The van der Waals surface area contributed by atoms with Crippen LogP contribution >= 0.6 is 0 Å². The largest absolute Gasteiger partial charge is 0.491 e. The summed E-state index contributed by atoms with van der Waals surface area (Å²) < 4.78 is 35.5. The number of ether oxygens (including phenoxy) is 6. The van der Waals surface area contributed by atoms with Gasteiger partial charge in [-0.25, -0.2) is 0 Å². The Labute approximate surface area is 330 Å². The van der Waals surface area contributed by atoms with Crippen LogP contribution in [0.4, 0.5) is 0 Å². The zero-order valence-electron chi connectivity index (χ0n) is 34.7. The molecule has 5 rings (SSSR count). The molecule has 0 amide bonds. The van der Waals surface area contributed by atoms with Crippen LogP contribution in [0.25, 0.3) is 0 Å². The molecule has 1 heterocycles. The predicted molar refractivity (Wildman–Crippen MR) is 221 cm³/mol. The average Bonchev–Trinajstić information content (AvgIpc) is 4.03. The van der Waals surface area contributed by atoms with Crippen LogP contribution in [0.1, 0.15) is 110 Å². The van der Waals surface area contributed by atoms with Crippen molar-refractivity contribution in [2.45, 2.75) is 122 Å². The molecule has 0 aliphatic carbocycles. The molecule has 0 aromatic heterocycles. The second-order valence-electron chi connectivity index (χ2n) is 16.4. The molecule has 1 aliphatic heterocycles. The zero-order valence-corrected chi connectivity index (χ0v) is 34.7. The summed E-state index contributed by atoms with van der Waals surface area (Å²) in [4.78, 5) is 0. The molecule has 3 unspecified atom stereocenters. The summed E-state index contributed by atoms with van der Waals surface area (Å²) in [6.45, 7) is 19.6. The quantitative estimate of drug-likeness (QED) is 0.0801.